The van der Waals surface area contributed by atoms with E-state index in [9.17, 15) is 4.79 Å². The maximum absolute atomic E-state index is 11.0. The zero-order valence-electron chi connectivity index (χ0n) is 9.68. The van der Waals surface area contributed by atoms with E-state index in [-0.39, 0.29) is 17.9 Å². The van der Waals surface area contributed by atoms with E-state index >= 15 is 0 Å². The van der Waals surface area contributed by atoms with Crippen LogP contribution in [0.25, 0.3) is 0 Å². The van der Waals surface area contributed by atoms with Gasteiger partial charge in [-0.2, -0.15) is 0 Å². The van der Waals surface area contributed by atoms with Gasteiger partial charge in [0.1, 0.15) is 0 Å². The third kappa shape index (κ3) is 9.34. The van der Waals surface area contributed by atoms with E-state index in [0.29, 0.717) is 0 Å². The molecule has 0 spiro atoms. The molecule has 1 atom stereocenters. The van der Waals surface area contributed by atoms with Crippen LogP contribution in [0, 0.1) is 5.92 Å². The summed E-state index contributed by atoms with van der Waals surface area (Å²) in [6, 6.07) is 0. The first-order valence-corrected chi connectivity index (χ1v) is 5.03. The van der Waals surface area contributed by atoms with Gasteiger partial charge in [-0.3, -0.25) is 9.63 Å². The quantitative estimate of drug-likeness (QED) is 0.690. The van der Waals surface area contributed by atoms with E-state index in [1.54, 1.807) is 0 Å². The van der Waals surface area contributed by atoms with Crippen molar-refractivity contribution in [2.75, 3.05) is 0 Å². The fourth-order valence-electron chi connectivity index (χ4n) is 0.462. The molecular formula is C10H23NO2. The molecule has 3 nitrogen and oxygen atoms in total. The summed E-state index contributed by atoms with van der Waals surface area (Å²) in [6.45, 7) is 11.6. The molecule has 0 saturated heterocycles. The van der Waals surface area contributed by atoms with Gasteiger partial charge in [-0.1, -0.05) is 27.7 Å². The minimum absolute atomic E-state index is 0.0359. The highest BCUT2D eigenvalue weighted by Crippen LogP contribution is 1.99. The second kappa shape index (κ2) is 9.52. The zero-order valence-corrected chi connectivity index (χ0v) is 9.68. The Morgan fingerprint density at radius 3 is 2.08 bits per heavy atom. The molecule has 1 unspecified atom stereocenters. The molecule has 1 amide bonds. The van der Waals surface area contributed by atoms with Gasteiger partial charge in [0, 0.05) is 5.92 Å². The second-order valence-electron chi connectivity index (χ2n) is 2.94. The summed E-state index contributed by atoms with van der Waals surface area (Å²) in [5, 5.41) is 0. The van der Waals surface area contributed by atoms with Crippen LogP contribution in [0.5, 0.6) is 0 Å². The van der Waals surface area contributed by atoms with E-state index in [2.05, 4.69) is 5.48 Å². The van der Waals surface area contributed by atoms with Crippen molar-refractivity contribution in [1.82, 2.24) is 5.48 Å². The number of amides is 1. The van der Waals surface area contributed by atoms with E-state index < -0.39 is 0 Å². The average molecular weight is 189 g/mol. The van der Waals surface area contributed by atoms with E-state index in [1.165, 1.54) is 0 Å². The van der Waals surface area contributed by atoms with Crippen LogP contribution < -0.4 is 5.48 Å². The highest BCUT2D eigenvalue weighted by atomic mass is 16.7. The second-order valence-corrected chi connectivity index (χ2v) is 2.94. The fraction of sp³-hybridized carbons (Fsp3) is 0.900. The van der Waals surface area contributed by atoms with Gasteiger partial charge in [-0.15, -0.1) is 0 Å². The molecular weight excluding hydrogens is 166 g/mol. The topological polar surface area (TPSA) is 38.3 Å². The van der Waals surface area contributed by atoms with Crippen LogP contribution in [0.2, 0.25) is 0 Å². The molecule has 0 rings (SSSR count). The molecule has 1 N–H and O–H groups in total. The smallest absolute Gasteiger partial charge is 0.246 e. The van der Waals surface area contributed by atoms with Gasteiger partial charge in [-0.05, 0) is 20.3 Å². The molecule has 0 radical (unpaired) electrons. The largest absolute Gasteiger partial charge is 0.273 e. The summed E-state index contributed by atoms with van der Waals surface area (Å²) in [5.74, 6) is -0.00468. The summed E-state index contributed by atoms with van der Waals surface area (Å²) in [7, 11) is 0. The molecule has 0 aromatic heterocycles. The fourth-order valence-corrected chi connectivity index (χ4v) is 0.462. The SMILES string of the molecule is CC.CCC(C)C(=O)NOC(C)C. The van der Waals surface area contributed by atoms with Crippen LogP contribution in [0.1, 0.15) is 48.0 Å². The van der Waals surface area contributed by atoms with Crippen LogP contribution >= 0.6 is 0 Å². The van der Waals surface area contributed by atoms with Gasteiger partial charge in [0.15, 0.2) is 0 Å². The Morgan fingerprint density at radius 2 is 1.77 bits per heavy atom. The van der Waals surface area contributed by atoms with Crippen LogP contribution in [0.4, 0.5) is 0 Å². The Balaban J connectivity index is 0. The first-order chi connectivity index (χ1) is 6.07. The Bertz CT molecular complexity index is 124. The van der Waals surface area contributed by atoms with Gasteiger partial charge in [0.2, 0.25) is 5.91 Å². The number of hydrogen-bond donors (Lipinski definition) is 1. The average Bonchev–Trinajstić information content (AvgIpc) is 2.16. The molecule has 0 aromatic carbocycles. The summed E-state index contributed by atoms with van der Waals surface area (Å²) in [6.07, 6.45) is 0.885. The molecule has 0 aliphatic carbocycles. The Labute approximate surface area is 81.8 Å². The summed E-state index contributed by atoms with van der Waals surface area (Å²) >= 11 is 0. The lowest BCUT2D eigenvalue weighted by Gasteiger charge is -2.11. The van der Waals surface area contributed by atoms with Crippen LogP contribution in [0.3, 0.4) is 0 Å². The predicted octanol–water partition coefficient (Wildman–Crippen LogP) is 2.51. The summed E-state index contributed by atoms with van der Waals surface area (Å²) < 4.78 is 0. The zero-order chi connectivity index (χ0) is 10.9. The number of hydroxylamine groups is 1. The summed E-state index contributed by atoms with van der Waals surface area (Å²) in [4.78, 5) is 16.0. The molecule has 3 heteroatoms. The number of carbonyl (C=O) groups is 1. The molecule has 0 aliphatic rings. The van der Waals surface area contributed by atoms with Crippen molar-refractivity contribution in [3.05, 3.63) is 0 Å². The normalized spacial score (nSPS) is 11.6. The number of hydrogen-bond acceptors (Lipinski definition) is 2. The standard InChI is InChI=1S/C8H17NO2.C2H6/c1-5-7(4)8(10)9-11-6(2)3;1-2/h6-7H,5H2,1-4H3,(H,9,10);1-2H3. The Hall–Kier alpha value is -0.570. The van der Waals surface area contributed by atoms with E-state index in [0.717, 1.165) is 6.42 Å². The van der Waals surface area contributed by atoms with Gasteiger partial charge in [-0.25, -0.2) is 5.48 Å². The van der Waals surface area contributed by atoms with Crippen molar-refractivity contribution < 1.29 is 9.63 Å². The first kappa shape index (κ1) is 14.9. The van der Waals surface area contributed by atoms with Crippen molar-refractivity contribution >= 4 is 5.91 Å². The third-order valence-electron chi connectivity index (χ3n) is 1.46. The molecule has 0 aromatic rings. The van der Waals surface area contributed by atoms with E-state index in [1.807, 2.05) is 41.5 Å². The Kier molecular flexibility index (Phi) is 10.9. The van der Waals surface area contributed by atoms with Gasteiger partial charge in [0.05, 0.1) is 6.10 Å². The van der Waals surface area contributed by atoms with Crippen molar-refractivity contribution in [1.29, 1.82) is 0 Å². The monoisotopic (exact) mass is 189 g/mol. The lowest BCUT2D eigenvalue weighted by atomic mass is 10.1. The molecule has 0 bridgehead atoms. The molecule has 80 valence electrons. The minimum atomic E-state index is -0.0406. The van der Waals surface area contributed by atoms with Gasteiger partial charge >= 0.3 is 0 Å². The lowest BCUT2D eigenvalue weighted by Crippen LogP contribution is -2.31. The first-order valence-electron chi connectivity index (χ1n) is 5.03. The number of carbonyl (C=O) groups excluding carboxylic acids is 1. The molecule has 0 heterocycles. The predicted molar refractivity (Wildman–Crippen MR) is 55.2 cm³/mol. The Morgan fingerprint density at radius 1 is 1.31 bits per heavy atom. The van der Waals surface area contributed by atoms with Crippen LogP contribution in [0.15, 0.2) is 0 Å². The van der Waals surface area contributed by atoms with Crippen molar-refractivity contribution in [3.63, 3.8) is 0 Å². The van der Waals surface area contributed by atoms with Crippen molar-refractivity contribution in [2.24, 2.45) is 5.92 Å². The molecule has 0 fully saturated rings. The van der Waals surface area contributed by atoms with Gasteiger partial charge < -0.3 is 0 Å². The van der Waals surface area contributed by atoms with Crippen LogP contribution in [-0.4, -0.2) is 12.0 Å². The maximum atomic E-state index is 11.0. The maximum Gasteiger partial charge on any atom is 0.246 e. The molecule has 0 saturated carbocycles. The molecule has 13 heavy (non-hydrogen) atoms. The van der Waals surface area contributed by atoms with Gasteiger partial charge in [0.25, 0.3) is 0 Å². The highest BCUT2D eigenvalue weighted by Gasteiger charge is 2.09. The number of rotatable bonds is 4. The van der Waals surface area contributed by atoms with Crippen molar-refractivity contribution in [2.45, 2.75) is 54.1 Å². The summed E-state index contributed by atoms with van der Waals surface area (Å²) in [5.41, 5.74) is 2.39. The van der Waals surface area contributed by atoms with E-state index in [4.69, 9.17) is 4.84 Å². The van der Waals surface area contributed by atoms with Crippen LogP contribution in [-0.2, 0) is 9.63 Å². The lowest BCUT2D eigenvalue weighted by molar-refractivity contribution is -0.140. The van der Waals surface area contributed by atoms with Crippen molar-refractivity contribution in [3.8, 4) is 0 Å². The minimum Gasteiger partial charge on any atom is -0.273 e. The number of nitrogens with one attached hydrogen (secondary N) is 1. The third-order valence-corrected chi connectivity index (χ3v) is 1.46. The molecule has 0 aliphatic heterocycles. The highest BCUT2D eigenvalue weighted by molar-refractivity contribution is 5.77.